The second-order valence-electron chi connectivity index (χ2n) is 3.26. The topological polar surface area (TPSA) is 99.2 Å². The molecule has 14 heavy (non-hydrogen) atoms. The minimum absolute atomic E-state index is 0.300. The number of hydrogen-bond donors (Lipinski definition) is 4. The Morgan fingerprint density at radius 3 is 2.71 bits per heavy atom. The average Bonchev–Trinajstić information content (AvgIpc) is 2.10. The van der Waals surface area contributed by atoms with E-state index in [-0.39, 0.29) is 0 Å². The first-order valence-electron chi connectivity index (χ1n) is 4.37. The van der Waals surface area contributed by atoms with Crippen LogP contribution in [0, 0.1) is 5.41 Å². The normalized spacial score (nSPS) is 15.3. The van der Waals surface area contributed by atoms with Crippen LogP contribution >= 0.6 is 0 Å². The first-order chi connectivity index (χ1) is 6.50. The number of nitrogens with two attached hydrogens (primary N) is 1. The van der Waals surface area contributed by atoms with Gasteiger partial charge in [0.05, 0.1) is 0 Å². The van der Waals surface area contributed by atoms with Gasteiger partial charge >= 0.3 is 5.97 Å². The molecule has 0 aromatic heterocycles. The fraction of sp³-hybridized carbons (Fsp3) is 0.556. The molecule has 0 aliphatic heterocycles. The van der Waals surface area contributed by atoms with Crippen LogP contribution in [-0.2, 0) is 4.79 Å². The minimum Gasteiger partial charge on any atom is -0.480 e. The highest BCUT2D eigenvalue weighted by Gasteiger charge is 2.25. The van der Waals surface area contributed by atoms with Gasteiger partial charge in [-0.25, -0.2) is 0 Å². The highest BCUT2D eigenvalue weighted by atomic mass is 16.4. The van der Waals surface area contributed by atoms with E-state index in [1.165, 1.54) is 13.1 Å². The molecule has 0 saturated carbocycles. The van der Waals surface area contributed by atoms with E-state index < -0.39 is 11.5 Å². The molecule has 0 rings (SSSR count). The number of nitrogens with one attached hydrogen (secondary N) is 2. The van der Waals surface area contributed by atoms with Crippen LogP contribution in [-0.4, -0.2) is 35.9 Å². The number of hydrogen-bond acceptors (Lipinski definition) is 4. The van der Waals surface area contributed by atoms with Crippen molar-refractivity contribution in [3.63, 3.8) is 0 Å². The van der Waals surface area contributed by atoms with Crippen LogP contribution in [0.5, 0.6) is 0 Å². The van der Waals surface area contributed by atoms with E-state index in [0.717, 1.165) is 0 Å². The van der Waals surface area contributed by atoms with Crippen molar-refractivity contribution in [3.05, 3.63) is 12.2 Å². The summed E-state index contributed by atoms with van der Waals surface area (Å²) in [4.78, 5) is 10.6. The molecule has 5 heteroatoms. The zero-order chi connectivity index (χ0) is 11.0. The number of carboxylic acid groups (broad SMARTS) is 1. The van der Waals surface area contributed by atoms with Gasteiger partial charge in [-0.1, -0.05) is 12.2 Å². The van der Waals surface area contributed by atoms with Gasteiger partial charge in [0.25, 0.3) is 0 Å². The average molecular weight is 199 g/mol. The second-order valence-corrected chi connectivity index (χ2v) is 3.26. The zero-order valence-corrected chi connectivity index (χ0v) is 8.29. The maximum atomic E-state index is 10.6. The minimum atomic E-state index is -1.20. The second kappa shape index (κ2) is 6.28. The van der Waals surface area contributed by atoms with Gasteiger partial charge in [0.2, 0.25) is 0 Å². The van der Waals surface area contributed by atoms with Crippen LogP contribution in [0.25, 0.3) is 0 Å². The van der Waals surface area contributed by atoms with Crippen LogP contribution < -0.4 is 11.1 Å². The van der Waals surface area contributed by atoms with Gasteiger partial charge in [0, 0.05) is 19.3 Å². The molecule has 0 spiro atoms. The SMILES string of the molecule is CC(N)(C/C=C/CNCC=N)C(=O)O. The molecule has 5 nitrogen and oxygen atoms in total. The molecule has 80 valence electrons. The third-order valence-electron chi connectivity index (χ3n) is 1.71. The lowest BCUT2D eigenvalue weighted by atomic mass is 10.00. The summed E-state index contributed by atoms with van der Waals surface area (Å²) in [6.07, 6.45) is 5.09. The number of carboxylic acids is 1. The monoisotopic (exact) mass is 199 g/mol. The lowest BCUT2D eigenvalue weighted by Gasteiger charge is -2.16. The third-order valence-corrected chi connectivity index (χ3v) is 1.71. The Morgan fingerprint density at radius 2 is 2.21 bits per heavy atom. The maximum absolute atomic E-state index is 10.6. The smallest absolute Gasteiger partial charge is 0.323 e. The van der Waals surface area contributed by atoms with E-state index in [0.29, 0.717) is 19.5 Å². The molecule has 0 bridgehead atoms. The molecule has 0 amide bonds. The van der Waals surface area contributed by atoms with Crippen molar-refractivity contribution in [1.82, 2.24) is 5.32 Å². The molecule has 0 radical (unpaired) electrons. The van der Waals surface area contributed by atoms with E-state index >= 15 is 0 Å². The van der Waals surface area contributed by atoms with Gasteiger partial charge in [-0.3, -0.25) is 4.79 Å². The summed E-state index contributed by atoms with van der Waals surface area (Å²) in [6, 6.07) is 0. The van der Waals surface area contributed by atoms with Crippen molar-refractivity contribution in [2.45, 2.75) is 18.9 Å². The molecule has 0 aromatic carbocycles. The maximum Gasteiger partial charge on any atom is 0.323 e. The van der Waals surface area contributed by atoms with Gasteiger partial charge in [-0.2, -0.15) is 0 Å². The summed E-state index contributed by atoms with van der Waals surface area (Å²) in [5, 5.41) is 18.3. The molecule has 0 aromatic rings. The van der Waals surface area contributed by atoms with E-state index in [4.69, 9.17) is 16.2 Å². The Balaban J connectivity index is 3.70. The summed E-state index contributed by atoms with van der Waals surface area (Å²) in [5.41, 5.74) is 4.30. The largest absolute Gasteiger partial charge is 0.480 e. The predicted octanol–water partition coefficient (Wildman–Crippen LogP) is -0.0261. The van der Waals surface area contributed by atoms with Gasteiger partial charge in [-0.15, -0.1) is 0 Å². The summed E-state index contributed by atoms with van der Waals surface area (Å²) >= 11 is 0. The number of aliphatic carboxylic acids is 1. The van der Waals surface area contributed by atoms with Crippen molar-refractivity contribution in [3.8, 4) is 0 Å². The standard InChI is InChI=1S/C9H17N3O2/c1-9(11,8(13)14)4-2-3-6-12-7-5-10/h2-3,5,10,12H,4,6-7,11H2,1H3,(H,13,14)/b3-2+,10-5?. The van der Waals surface area contributed by atoms with E-state index in [9.17, 15) is 4.79 Å². The molecule has 0 aliphatic rings. The summed E-state index contributed by atoms with van der Waals surface area (Å²) < 4.78 is 0. The van der Waals surface area contributed by atoms with Crippen molar-refractivity contribution in [2.24, 2.45) is 5.73 Å². The molecule has 0 fully saturated rings. The Hall–Kier alpha value is -1.20. The summed E-state index contributed by atoms with van der Waals surface area (Å²) in [7, 11) is 0. The Bertz CT molecular complexity index is 224. The molecule has 1 atom stereocenters. The van der Waals surface area contributed by atoms with E-state index in [2.05, 4.69) is 5.32 Å². The molecular weight excluding hydrogens is 182 g/mol. The summed E-state index contributed by atoms with van der Waals surface area (Å²) in [6.45, 7) is 2.61. The van der Waals surface area contributed by atoms with Crippen molar-refractivity contribution < 1.29 is 9.90 Å². The lowest BCUT2D eigenvalue weighted by molar-refractivity contribution is -0.142. The van der Waals surface area contributed by atoms with E-state index in [1.54, 1.807) is 12.2 Å². The Kier molecular flexibility index (Phi) is 5.74. The van der Waals surface area contributed by atoms with Crippen LogP contribution in [0.1, 0.15) is 13.3 Å². The molecule has 0 heterocycles. The lowest BCUT2D eigenvalue weighted by Crippen LogP contribution is -2.44. The number of rotatable bonds is 7. The first-order valence-corrected chi connectivity index (χ1v) is 4.37. The highest BCUT2D eigenvalue weighted by molar-refractivity contribution is 5.78. The van der Waals surface area contributed by atoms with Gasteiger partial charge in [0.15, 0.2) is 0 Å². The van der Waals surface area contributed by atoms with Gasteiger partial charge in [0.1, 0.15) is 5.54 Å². The van der Waals surface area contributed by atoms with Crippen molar-refractivity contribution in [2.75, 3.05) is 13.1 Å². The molecular formula is C9H17N3O2. The fourth-order valence-electron chi connectivity index (χ4n) is 0.738. The van der Waals surface area contributed by atoms with Crippen LogP contribution in [0.3, 0.4) is 0 Å². The summed E-state index contributed by atoms with van der Waals surface area (Å²) in [5.74, 6) is -1.00. The molecule has 0 aliphatic carbocycles. The number of carbonyl (C=O) groups is 1. The van der Waals surface area contributed by atoms with E-state index in [1.807, 2.05) is 0 Å². The van der Waals surface area contributed by atoms with Crippen LogP contribution in [0.2, 0.25) is 0 Å². The predicted molar refractivity (Wildman–Crippen MR) is 55.6 cm³/mol. The van der Waals surface area contributed by atoms with Crippen LogP contribution in [0.4, 0.5) is 0 Å². The third kappa shape index (κ3) is 5.45. The quantitative estimate of drug-likeness (QED) is 0.263. The van der Waals surface area contributed by atoms with Crippen LogP contribution in [0.15, 0.2) is 12.2 Å². The fourth-order valence-corrected chi connectivity index (χ4v) is 0.738. The first kappa shape index (κ1) is 12.8. The Morgan fingerprint density at radius 1 is 1.57 bits per heavy atom. The molecule has 0 saturated heterocycles. The molecule has 5 N–H and O–H groups in total. The Labute approximate surface area is 83.5 Å². The van der Waals surface area contributed by atoms with Crippen molar-refractivity contribution in [1.29, 1.82) is 5.41 Å². The van der Waals surface area contributed by atoms with Gasteiger partial charge < -0.3 is 21.6 Å². The zero-order valence-electron chi connectivity index (χ0n) is 8.29. The molecule has 1 unspecified atom stereocenters. The van der Waals surface area contributed by atoms with Gasteiger partial charge in [-0.05, 0) is 13.3 Å². The highest BCUT2D eigenvalue weighted by Crippen LogP contribution is 2.05. The van der Waals surface area contributed by atoms with Crippen molar-refractivity contribution >= 4 is 12.2 Å².